The first kappa shape index (κ1) is 12.4. The number of carbonyl (C=O) groups is 1. The van der Waals surface area contributed by atoms with Crippen LogP contribution in [-0.2, 0) is 11.8 Å². The third-order valence-electron chi connectivity index (χ3n) is 2.55. The number of amides is 1. The largest absolute Gasteiger partial charge is 0.394 e. The van der Waals surface area contributed by atoms with Crippen LogP contribution in [0.25, 0.3) is 0 Å². The number of anilines is 2. The van der Waals surface area contributed by atoms with Gasteiger partial charge in [-0.05, 0) is 6.92 Å². The Kier molecular flexibility index (Phi) is 3.76. The second-order valence-electron chi connectivity index (χ2n) is 3.79. The fourth-order valence-corrected chi connectivity index (χ4v) is 1.62. The second-order valence-corrected chi connectivity index (χ2v) is 3.79. The molecule has 16 heavy (non-hydrogen) atoms. The Labute approximate surface area is 95.4 Å². The quantitative estimate of drug-likeness (QED) is 0.749. The minimum atomic E-state index is 0.0179. The molecule has 1 aromatic rings. The van der Waals surface area contributed by atoms with Gasteiger partial charge in [0.1, 0.15) is 5.82 Å². The van der Waals surface area contributed by atoms with Crippen LogP contribution in [0.1, 0.15) is 12.1 Å². The fourth-order valence-electron chi connectivity index (χ4n) is 1.62. The molecule has 0 saturated heterocycles. The molecule has 1 aromatic heterocycles. The summed E-state index contributed by atoms with van der Waals surface area (Å²) >= 11 is 0. The summed E-state index contributed by atoms with van der Waals surface area (Å²) in [6.07, 6.45) is 0.441. The summed E-state index contributed by atoms with van der Waals surface area (Å²) in [5, 5.41) is 6.82. The molecule has 0 radical (unpaired) electrons. The molecule has 1 rings (SSSR count). The van der Waals surface area contributed by atoms with Gasteiger partial charge in [0.2, 0.25) is 5.91 Å². The number of nitrogens with zero attached hydrogens (tertiary/aromatic N) is 3. The minimum Gasteiger partial charge on any atom is -0.394 e. The van der Waals surface area contributed by atoms with Crippen molar-refractivity contribution in [2.75, 3.05) is 31.3 Å². The maximum atomic E-state index is 11.1. The molecule has 6 heteroatoms. The molecule has 90 valence electrons. The average molecular weight is 225 g/mol. The maximum Gasteiger partial charge on any atom is 0.221 e. The number of aryl methyl sites for hydroxylation is 2. The van der Waals surface area contributed by atoms with Crippen molar-refractivity contribution < 1.29 is 4.79 Å². The van der Waals surface area contributed by atoms with Crippen LogP contribution in [0, 0.1) is 6.92 Å². The lowest BCUT2D eigenvalue weighted by atomic mass is 10.3. The normalized spacial score (nSPS) is 10.2. The van der Waals surface area contributed by atoms with E-state index < -0.39 is 0 Å². The van der Waals surface area contributed by atoms with Crippen LogP contribution < -0.4 is 16.0 Å². The van der Waals surface area contributed by atoms with E-state index in [1.165, 1.54) is 0 Å². The summed E-state index contributed by atoms with van der Waals surface area (Å²) in [6, 6.07) is 0. The number of nitrogen functional groups attached to an aromatic ring is 1. The highest BCUT2D eigenvalue weighted by Crippen LogP contribution is 2.24. The van der Waals surface area contributed by atoms with Crippen LogP contribution >= 0.6 is 0 Å². The summed E-state index contributed by atoms with van der Waals surface area (Å²) in [5.74, 6) is 0.866. The standard InChI is InChI=1S/C10H19N5O/c1-7-9(11)10(15(4)13-7)14(3)6-5-8(16)12-2/h5-6,11H2,1-4H3,(H,12,16). The molecule has 3 N–H and O–H groups in total. The van der Waals surface area contributed by atoms with E-state index in [1.54, 1.807) is 11.7 Å². The second kappa shape index (κ2) is 4.87. The molecule has 0 aromatic carbocycles. The van der Waals surface area contributed by atoms with Gasteiger partial charge in [-0.2, -0.15) is 5.10 Å². The van der Waals surface area contributed by atoms with Crippen molar-refractivity contribution in [1.82, 2.24) is 15.1 Å². The fraction of sp³-hybridized carbons (Fsp3) is 0.600. The molecule has 0 unspecified atom stereocenters. The number of nitrogens with two attached hydrogens (primary N) is 1. The van der Waals surface area contributed by atoms with E-state index in [0.29, 0.717) is 18.7 Å². The first-order valence-electron chi connectivity index (χ1n) is 5.18. The van der Waals surface area contributed by atoms with Gasteiger partial charge < -0.3 is 16.0 Å². The summed E-state index contributed by atoms with van der Waals surface area (Å²) in [5.41, 5.74) is 7.40. The molecular weight excluding hydrogens is 206 g/mol. The third-order valence-corrected chi connectivity index (χ3v) is 2.55. The zero-order valence-electron chi connectivity index (χ0n) is 10.2. The predicted molar refractivity (Wildman–Crippen MR) is 64.3 cm³/mol. The van der Waals surface area contributed by atoms with E-state index in [1.807, 2.05) is 25.9 Å². The van der Waals surface area contributed by atoms with Crippen LogP contribution in [-0.4, -0.2) is 36.3 Å². The lowest BCUT2D eigenvalue weighted by Gasteiger charge is -2.19. The molecule has 0 spiro atoms. The summed E-state index contributed by atoms with van der Waals surface area (Å²) in [7, 11) is 5.37. The van der Waals surface area contributed by atoms with Gasteiger partial charge in [0.05, 0.1) is 11.4 Å². The molecule has 1 amide bonds. The summed E-state index contributed by atoms with van der Waals surface area (Å²) < 4.78 is 1.73. The van der Waals surface area contributed by atoms with Gasteiger partial charge in [0, 0.05) is 34.1 Å². The van der Waals surface area contributed by atoms with Crippen molar-refractivity contribution in [2.24, 2.45) is 7.05 Å². The number of hydrogen-bond donors (Lipinski definition) is 2. The average Bonchev–Trinajstić information content (AvgIpc) is 2.49. The first-order chi connectivity index (χ1) is 7.47. The van der Waals surface area contributed by atoms with E-state index >= 15 is 0 Å². The number of aromatic nitrogens is 2. The van der Waals surface area contributed by atoms with Crippen molar-refractivity contribution in [2.45, 2.75) is 13.3 Å². The van der Waals surface area contributed by atoms with Crippen molar-refractivity contribution in [3.05, 3.63) is 5.69 Å². The van der Waals surface area contributed by atoms with Gasteiger partial charge in [0.15, 0.2) is 0 Å². The van der Waals surface area contributed by atoms with E-state index in [4.69, 9.17) is 5.73 Å². The Bertz CT molecular complexity index is 385. The van der Waals surface area contributed by atoms with Gasteiger partial charge in [0.25, 0.3) is 0 Å². The predicted octanol–water partition coefficient (Wildman–Crippen LogP) is -0.117. The molecule has 0 aliphatic heterocycles. The molecule has 0 saturated carbocycles. The highest BCUT2D eigenvalue weighted by Gasteiger charge is 2.14. The van der Waals surface area contributed by atoms with E-state index in [9.17, 15) is 4.79 Å². The van der Waals surface area contributed by atoms with Gasteiger partial charge in [-0.15, -0.1) is 0 Å². The lowest BCUT2D eigenvalue weighted by molar-refractivity contribution is -0.120. The van der Waals surface area contributed by atoms with Crippen LogP contribution in [0.4, 0.5) is 11.5 Å². The Hall–Kier alpha value is -1.72. The van der Waals surface area contributed by atoms with Gasteiger partial charge >= 0.3 is 0 Å². The Balaban J connectivity index is 2.73. The molecule has 0 bridgehead atoms. The monoisotopic (exact) mass is 225 g/mol. The van der Waals surface area contributed by atoms with Gasteiger partial charge in [-0.1, -0.05) is 0 Å². The molecule has 0 aliphatic carbocycles. The summed E-state index contributed by atoms with van der Waals surface area (Å²) in [4.78, 5) is 13.1. The molecule has 6 nitrogen and oxygen atoms in total. The van der Waals surface area contributed by atoms with E-state index in [2.05, 4.69) is 10.4 Å². The Morgan fingerprint density at radius 1 is 1.62 bits per heavy atom. The number of carbonyl (C=O) groups excluding carboxylic acids is 1. The maximum absolute atomic E-state index is 11.1. The van der Waals surface area contributed by atoms with Crippen LogP contribution in [0.15, 0.2) is 0 Å². The molecule has 0 fully saturated rings. The topological polar surface area (TPSA) is 76.2 Å². The van der Waals surface area contributed by atoms with Gasteiger partial charge in [-0.3, -0.25) is 9.48 Å². The van der Waals surface area contributed by atoms with Gasteiger partial charge in [-0.25, -0.2) is 0 Å². The lowest BCUT2D eigenvalue weighted by Crippen LogP contribution is -2.28. The molecular formula is C10H19N5O. The van der Waals surface area contributed by atoms with Crippen LogP contribution in [0.2, 0.25) is 0 Å². The third kappa shape index (κ3) is 2.44. The van der Waals surface area contributed by atoms with Crippen molar-refractivity contribution in [3.8, 4) is 0 Å². The van der Waals surface area contributed by atoms with E-state index in [-0.39, 0.29) is 5.91 Å². The summed E-state index contributed by atoms with van der Waals surface area (Å²) in [6.45, 7) is 2.48. The minimum absolute atomic E-state index is 0.0179. The smallest absolute Gasteiger partial charge is 0.221 e. The Morgan fingerprint density at radius 2 is 2.25 bits per heavy atom. The molecule has 1 heterocycles. The van der Waals surface area contributed by atoms with Crippen LogP contribution in [0.3, 0.4) is 0 Å². The zero-order chi connectivity index (χ0) is 12.3. The Morgan fingerprint density at radius 3 is 2.69 bits per heavy atom. The van der Waals surface area contributed by atoms with Crippen LogP contribution in [0.5, 0.6) is 0 Å². The molecule has 0 atom stereocenters. The first-order valence-corrected chi connectivity index (χ1v) is 5.18. The van der Waals surface area contributed by atoms with Crippen molar-refractivity contribution in [3.63, 3.8) is 0 Å². The zero-order valence-corrected chi connectivity index (χ0v) is 10.2. The van der Waals surface area contributed by atoms with E-state index in [0.717, 1.165) is 11.5 Å². The van der Waals surface area contributed by atoms with Crippen molar-refractivity contribution >= 4 is 17.4 Å². The SMILES string of the molecule is CNC(=O)CCN(C)c1c(N)c(C)nn1C. The van der Waals surface area contributed by atoms with Crippen molar-refractivity contribution in [1.29, 1.82) is 0 Å². The highest BCUT2D eigenvalue weighted by atomic mass is 16.1. The number of nitrogens with one attached hydrogen (secondary N) is 1. The number of hydrogen-bond acceptors (Lipinski definition) is 4. The number of rotatable bonds is 4. The molecule has 0 aliphatic rings. The highest BCUT2D eigenvalue weighted by molar-refractivity contribution is 5.76.